The van der Waals surface area contributed by atoms with Crippen molar-refractivity contribution in [2.24, 2.45) is 0 Å². The summed E-state index contributed by atoms with van der Waals surface area (Å²) in [7, 11) is 0. The topological polar surface area (TPSA) is 102 Å². The van der Waals surface area contributed by atoms with Crippen LogP contribution in [0.5, 0.6) is 0 Å². The molecule has 1 fully saturated rings. The zero-order valence-corrected chi connectivity index (χ0v) is 16.4. The van der Waals surface area contributed by atoms with E-state index in [0.717, 1.165) is 43.5 Å². The van der Waals surface area contributed by atoms with Crippen LogP contribution in [0.15, 0.2) is 36.4 Å². The Morgan fingerprint density at radius 2 is 1.90 bits per heavy atom. The number of para-hydroxylation sites is 1. The van der Waals surface area contributed by atoms with Crippen molar-refractivity contribution >= 4 is 23.1 Å². The number of nitriles is 1. The summed E-state index contributed by atoms with van der Waals surface area (Å²) in [6.45, 7) is 6.80. The Labute approximate surface area is 168 Å². The van der Waals surface area contributed by atoms with E-state index in [-0.39, 0.29) is 11.9 Å². The Morgan fingerprint density at radius 1 is 1.14 bits per heavy atom. The highest BCUT2D eigenvalue weighted by Gasteiger charge is 2.26. The maximum atomic E-state index is 12.7. The number of piperazine rings is 1. The minimum absolute atomic E-state index is 0.110. The maximum Gasteiger partial charge on any atom is 0.241 e. The Bertz CT molecular complexity index is 1080. The first-order chi connectivity index (χ1) is 14.1. The first-order valence-corrected chi connectivity index (χ1v) is 9.55. The molecule has 0 spiro atoms. The summed E-state index contributed by atoms with van der Waals surface area (Å²) in [5.74, 6) is 1.52. The highest BCUT2D eigenvalue weighted by Crippen LogP contribution is 2.18. The molecule has 1 amide bonds. The molecular weight excluding hydrogens is 368 g/mol. The van der Waals surface area contributed by atoms with E-state index in [1.807, 2.05) is 26.0 Å². The van der Waals surface area contributed by atoms with Gasteiger partial charge in [-0.15, -0.1) is 15.3 Å². The smallest absolute Gasteiger partial charge is 0.241 e. The molecule has 0 radical (unpaired) electrons. The first-order valence-electron chi connectivity index (χ1n) is 9.55. The number of fused-ring (bicyclic) bond motifs is 1. The number of carbonyl (C=O) groups excluding carboxylic acids is 1. The van der Waals surface area contributed by atoms with Gasteiger partial charge in [-0.1, -0.05) is 12.1 Å². The molecule has 0 saturated carbocycles. The van der Waals surface area contributed by atoms with E-state index in [4.69, 9.17) is 0 Å². The molecule has 9 heteroatoms. The summed E-state index contributed by atoms with van der Waals surface area (Å²) in [6.07, 6.45) is 0. The average molecular weight is 390 g/mol. The van der Waals surface area contributed by atoms with Gasteiger partial charge >= 0.3 is 0 Å². The van der Waals surface area contributed by atoms with Crippen LogP contribution in [0.2, 0.25) is 0 Å². The van der Waals surface area contributed by atoms with Crippen LogP contribution in [-0.2, 0) is 4.79 Å². The monoisotopic (exact) mass is 390 g/mol. The number of anilines is 2. The number of hydrogen-bond acceptors (Lipinski definition) is 7. The molecule has 1 atom stereocenters. The van der Waals surface area contributed by atoms with Crippen LogP contribution in [0.4, 0.5) is 11.5 Å². The second-order valence-electron chi connectivity index (χ2n) is 7.05. The molecule has 3 aromatic rings. The maximum absolute atomic E-state index is 12.7. The molecule has 1 aromatic carbocycles. The molecule has 0 unspecified atom stereocenters. The predicted octanol–water partition coefficient (Wildman–Crippen LogP) is 1.45. The standard InChI is InChI=1S/C20H22N8O/c1-14(20(29)22-17-6-4-3-5-16(17)13-21)26-9-11-27(12-10-26)19-8-7-18-24-23-15(2)28(18)25-19/h3-8,14H,9-12H2,1-2H3,(H,22,29)/t14-/m0/s1. The third kappa shape index (κ3) is 3.75. The third-order valence-electron chi connectivity index (χ3n) is 5.28. The van der Waals surface area contributed by atoms with E-state index < -0.39 is 0 Å². The van der Waals surface area contributed by atoms with E-state index in [2.05, 4.69) is 36.5 Å². The molecule has 1 saturated heterocycles. The number of nitrogens with one attached hydrogen (secondary N) is 1. The fourth-order valence-corrected chi connectivity index (χ4v) is 3.49. The van der Waals surface area contributed by atoms with Crippen molar-refractivity contribution in [2.75, 3.05) is 36.4 Å². The fourth-order valence-electron chi connectivity index (χ4n) is 3.49. The molecular formula is C20H22N8O. The molecule has 1 aliphatic heterocycles. The van der Waals surface area contributed by atoms with Crippen molar-refractivity contribution in [1.29, 1.82) is 5.26 Å². The second kappa shape index (κ2) is 7.85. The minimum Gasteiger partial charge on any atom is -0.353 e. The predicted molar refractivity (Wildman–Crippen MR) is 109 cm³/mol. The lowest BCUT2D eigenvalue weighted by atomic mass is 10.1. The number of benzene rings is 1. The van der Waals surface area contributed by atoms with Crippen LogP contribution in [0.3, 0.4) is 0 Å². The quantitative estimate of drug-likeness (QED) is 0.719. The van der Waals surface area contributed by atoms with Gasteiger partial charge in [-0.05, 0) is 38.1 Å². The van der Waals surface area contributed by atoms with Crippen LogP contribution in [0.1, 0.15) is 18.3 Å². The lowest BCUT2D eigenvalue weighted by Crippen LogP contribution is -2.53. The molecule has 1 aliphatic rings. The zero-order chi connectivity index (χ0) is 20.4. The lowest BCUT2D eigenvalue weighted by Gasteiger charge is -2.37. The number of aromatic nitrogens is 4. The van der Waals surface area contributed by atoms with Gasteiger partial charge in [0, 0.05) is 26.2 Å². The summed E-state index contributed by atoms with van der Waals surface area (Å²) >= 11 is 0. The first kappa shape index (κ1) is 18.8. The minimum atomic E-state index is -0.292. The van der Waals surface area contributed by atoms with E-state index >= 15 is 0 Å². The Balaban J connectivity index is 1.38. The average Bonchev–Trinajstić information content (AvgIpc) is 3.14. The molecule has 2 aromatic heterocycles. The molecule has 29 heavy (non-hydrogen) atoms. The molecule has 1 N–H and O–H groups in total. The van der Waals surface area contributed by atoms with E-state index in [1.54, 1.807) is 28.8 Å². The van der Waals surface area contributed by atoms with Crippen LogP contribution < -0.4 is 10.2 Å². The summed E-state index contributed by atoms with van der Waals surface area (Å²) in [6, 6.07) is 12.7. The van der Waals surface area contributed by atoms with Crippen molar-refractivity contribution in [3.63, 3.8) is 0 Å². The highest BCUT2D eigenvalue weighted by atomic mass is 16.2. The van der Waals surface area contributed by atoms with Crippen LogP contribution in [-0.4, -0.2) is 62.8 Å². The van der Waals surface area contributed by atoms with Gasteiger partial charge < -0.3 is 10.2 Å². The van der Waals surface area contributed by atoms with Crippen molar-refractivity contribution in [3.8, 4) is 6.07 Å². The fraction of sp³-hybridized carbons (Fsp3) is 0.350. The molecule has 4 rings (SSSR count). The molecule has 148 valence electrons. The SMILES string of the molecule is Cc1nnc2ccc(N3CCN([C@@H](C)C(=O)Nc4ccccc4C#N)CC3)nn12. The van der Waals surface area contributed by atoms with Gasteiger partial charge in [0.25, 0.3) is 0 Å². The lowest BCUT2D eigenvalue weighted by molar-refractivity contribution is -0.120. The Hall–Kier alpha value is -3.51. The molecule has 0 aliphatic carbocycles. The normalized spacial score (nSPS) is 15.8. The molecule has 9 nitrogen and oxygen atoms in total. The molecule has 0 bridgehead atoms. The van der Waals surface area contributed by atoms with Crippen molar-refractivity contribution < 1.29 is 4.79 Å². The van der Waals surface area contributed by atoms with Gasteiger partial charge in [0.15, 0.2) is 11.5 Å². The Kier molecular flexibility index (Phi) is 5.10. The highest BCUT2D eigenvalue weighted by molar-refractivity contribution is 5.95. The van der Waals surface area contributed by atoms with Crippen LogP contribution in [0.25, 0.3) is 5.65 Å². The van der Waals surface area contributed by atoms with Crippen LogP contribution in [0, 0.1) is 18.3 Å². The van der Waals surface area contributed by atoms with Crippen molar-refractivity contribution in [3.05, 3.63) is 47.8 Å². The number of carbonyl (C=O) groups is 1. The third-order valence-corrected chi connectivity index (χ3v) is 5.28. The molecule has 3 heterocycles. The van der Waals surface area contributed by atoms with E-state index in [9.17, 15) is 10.1 Å². The number of amides is 1. The van der Waals surface area contributed by atoms with Gasteiger partial charge in [-0.2, -0.15) is 9.78 Å². The van der Waals surface area contributed by atoms with Gasteiger partial charge in [0.2, 0.25) is 5.91 Å². The van der Waals surface area contributed by atoms with Crippen molar-refractivity contribution in [1.82, 2.24) is 24.7 Å². The van der Waals surface area contributed by atoms with Gasteiger partial charge in [-0.3, -0.25) is 9.69 Å². The van der Waals surface area contributed by atoms with Crippen molar-refractivity contribution in [2.45, 2.75) is 19.9 Å². The summed E-state index contributed by atoms with van der Waals surface area (Å²) in [5, 5.41) is 24.8. The van der Waals surface area contributed by atoms with Gasteiger partial charge in [0.05, 0.1) is 17.3 Å². The number of rotatable bonds is 4. The number of aryl methyl sites for hydroxylation is 1. The van der Waals surface area contributed by atoms with E-state index in [1.165, 1.54) is 0 Å². The largest absolute Gasteiger partial charge is 0.353 e. The summed E-state index contributed by atoms with van der Waals surface area (Å²) in [4.78, 5) is 17.0. The Morgan fingerprint density at radius 3 is 2.66 bits per heavy atom. The number of hydrogen-bond donors (Lipinski definition) is 1. The number of nitrogens with zero attached hydrogens (tertiary/aromatic N) is 7. The van der Waals surface area contributed by atoms with Gasteiger partial charge in [0.1, 0.15) is 11.9 Å². The van der Waals surface area contributed by atoms with Gasteiger partial charge in [-0.25, -0.2) is 0 Å². The zero-order valence-electron chi connectivity index (χ0n) is 16.4. The van der Waals surface area contributed by atoms with E-state index in [0.29, 0.717) is 11.3 Å². The summed E-state index contributed by atoms with van der Waals surface area (Å²) < 4.78 is 1.74. The summed E-state index contributed by atoms with van der Waals surface area (Å²) in [5.41, 5.74) is 1.74. The van der Waals surface area contributed by atoms with Crippen LogP contribution >= 0.6 is 0 Å². The second-order valence-corrected chi connectivity index (χ2v) is 7.05.